The van der Waals surface area contributed by atoms with E-state index in [-0.39, 0.29) is 0 Å². The third-order valence-corrected chi connectivity index (χ3v) is 4.42. The Labute approximate surface area is 103 Å². The molecule has 2 aliphatic rings. The van der Waals surface area contributed by atoms with Gasteiger partial charge < -0.3 is 15.7 Å². The highest BCUT2D eigenvalue weighted by molar-refractivity contribution is 5.78. The largest absolute Gasteiger partial charge is 0.480 e. The third-order valence-electron chi connectivity index (χ3n) is 4.42. The van der Waals surface area contributed by atoms with Gasteiger partial charge in [-0.05, 0) is 38.1 Å². The zero-order chi connectivity index (χ0) is 12.5. The van der Waals surface area contributed by atoms with Gasteiger partial charge in [0.2, 0.25) is 0 Å². The van der Waals surface area contributed by atoms with Gasteiger partial charge in [-0.3, -0.25) is 4.79 Å². The lowest BCUT2D eigenvalue weighted by molar-refractivity contribution is -0.143. The Kier molecular flexibility index (Phi) is 3.73. The summed E-state index contributed by atoms with van der Waals surface area (Å²) >= 11 is 0. The number of hydrogen-bond donors (Lipinski definition) is 2. The fourth-order valence-electron chi connectivity index (χ4n) is 3.35. The molecular formula is C13H24N2O2. The number of carbonyl (C=O) groups is 1. The number of likely N-dealkylation sites (tertiary alicyclic amines) is 1. The van der Waals surface area contributed by atoms with E-state index in [0.717, 1.165) is 24.9 Å². The summed E-state index contributed by atoms with van der Waals surface area (Å²) in [5.41, 5.74) is 4.71. The van der Waals surface area contributed by atoms with Crippen LogP contribution in [0.4, 0.5) is 0 Å². The molecule has 1 aliphatic heterocycles. The number of carboxylic acid groups (broad SMARTS) is 1. The van der Waals surface area contributed by atoms with Crippen molar-refractivity contribution in [1.82, 2.24) is 4.90 Å². The summed E-state index contributed by atoms with van der Waals surface area (Å²) in [5, 5.41) is 9.05. The van der Waals surface area contributed by atoms with E-state index in [4.69, 9.17) is 10.8 Å². The molecule has 1 heterocycles. The molecule has 3 unspecified atom stereocenters. The molecule has 4 nitrogen and oxygen atoms in total. The molecule has 1 saturated heterocycles. The van der Waals surface area contributed by atoms with Crippen LogP contribution in [0.15, 0.2) is 0 Å². The van der Waals surface area contributed by atoms with E-state index in [2.05, 4.69) is 4.90 Å². The normalized spacial score (nSPS) is 33.8. The Morgan fingerprint density at radius 3 is 2.65 bits per heavy atom. The van der Waals surface area contributed by atoms with E-state index >= 15 is 0 Å². The fraction of sp³-hybridized carbons (Fsp3) is 0.923. The highest BCUT2D eigenvalue weighted by Crippen LogP contribution is 2.36. The molecule has 1 aliphatic carbocycles. The second-order valence-corrected chi connectivity index (χ2v) is 6.05. The molecule has 0 aromatic carbocycles. The monoisotopic (exact) mass is 240 g/mol. The minimum Gasteiger partial charge on any atom is -0.480 e. The van der Waals surface area contributed by atoms with Crippen LogP contribution in [0.2, 0.25) is 0 Å². The molecule has 0 bridgehead atoms. The molecule has 1 saturated carbocycles. The molecule has 0 amide bonds. The average molecular weight is 240 g/mol. The van der Waals surface area contributed by atoms with Gasteiger partial charge >= 0.3 is 5.97 Å². The molecule has 0 spiro atoms. The first-order valence-corrected chi connectivity index (χ1v) is 6.73. The van der Waals surface area contributed by atoms with Crippen molar-refractivity contribution in [1.29, 1.82) is 0 Å². The van der Waals surface area contributed by atoms with Crippen molar-refractivity contribution in [2.24, 2.45) is 17.6 Å². The van der Waals surface area contributed by atoms with Gasteiger partial charge in [0, 0.05) is 13.1 Å². The van der Waals surface area contributed by atoms with Crippen molar-refractivity contribution in [2.45, 2.75) is 44.6 Å². The molecule has 0 radical (unpaired) electrons. The minimum absolute atomic E-state index is 0.478. The Morgan fingerprint density at radius 2 is 2.00 bits per heavy atom. The van der Waals surface area contributed by atoms with Crippen LogP contribution in [0.3, 0.4) is 0 Å². The third kappa shape index (κ3) is 2.99. The van der Waals surface area contributed by atoms with Gasteiger partial charge in [-0.25, -0.2) is 0 Å². The van der Waals surface area contributed by atoms with Crippen LogP contribution >= 0.6 is 0 Å². The number of nitrogens with zero attached hydrogens (tertiary/aromatic N) is 1. The first-order valence-electron chi connectivity index (χ1n) is 6.73. The highest BCUT2D eigenvalue weighted by Gasteiger charge is 2.36. The van der Waals surface area contributed by atoms with Crippen LogP contribution in [0, 0.1) is 11.8 Å². The van der Waals surface area contributed by atoms with Crippen LogP contribution in [0.25, 0.3) is 0 Å². The number of nitrogens with two attached hydrogens (primary N) is 1. The molecule has 3 N–H and O–H groups in total. The molecular weight excluding hydrogens is 216 g/mol. The molecule has 0 aromatic heterocycles. The van der Waals surface area contributed by atoms with Crippen LogP contribution in [0.1, 0.15) is 39.0 Å². The lowest BCUT2D eigenvalue weighted by Crippen LogP contribution is -2.56. The first kappa shape index (κ1) is 12.8. The number of aliphatic carboxylic acids is 1. The molecule has 4 heteroatoms. The van der Waals surface area contributed by atoms with Gasteiger partial charge in [0.05, 0.1) is 0 Å². The Hall–Kier alpha value is -0.610. The maximum absolute atomic E-state index is 11.0. The summed E-state index contributed by atoms with van der Waals surface area (Å²) in [6.07, 6.45) is 6.63. The second kappa shape index (κ2) is 4.94. The van der Waals surface area contributed by atoms with Gasteiger partial charge in [-0.15, -0.1) is 0 Å². The van der Waals surface area contributed by atoms with E-state index in [0.29, 0.717) is 6.54 Å². The zero-order valence-electron chi connectivity index (χ0n) is 10.7. The van der Waals surface area contributed by atoms with E-state index in [9.17, 15) is 4.79 Å². The van der Waals surface area contributed by atoms with Crippen LogP contribution in [-0.4, -0.2) is 41.1 Å². The fourth-order valence-corrected chi connectivity index (χ4v) is 3.35. The molecule has 17 heavy (non-hydrogen) atoms. The summed E-state index contributed by atoms with van der Waals surface area (Å²) in [7, 11) is 0. The molecule has 0 aromatic rings. The van der Waals surface area contributed by atoms with Gasteiger partial charge in [-0.2, -0.15) is 0 Å². The standard InChI is InChI=1S/C13H24N2O2/c1-13(14,12(16)17)9-15-7-6-10-4-2-3-5-11(10)8-15/h10-11H,2-9,14H2,1H3,(H,16,17). The Morgan fingerprint density at radius 1 is 1.35 bits per heavy atom. The maximum Gasteiger partial charge on any atom is 0.324 e. The minimum atomic E-state index is -1.11. The maximum atomic E-state index is 11.0. The smallest absolute Gasteiger partial charge is 0.324 e. The van der Waals surface area contributed by atoms with E-state index in [1.807, 2.05) is 0 Å². The summed E-state index contributed by atoms with van der Waals surface area (Å²) < 4.78 is 0. The number of piperidine rings is 1. The Balaban J connectivity index is 1.89. The molecule has 2 fully saturated rings. The molecule has 3 atom stereocenters. The van der Waals surface area contributed by atoms with E-state index < -0.39 is 11.5 Å². The van der Waals surface area contributed by atoms with Gasteiger partial charge in [-0.1, -0.05) is 19.3 Å². The predicted molar refractivity (Wildman–Crippen MR) is 66.7 cm³/mol. The topological polar surface area (TPSA) is 66.6 Å². The van der Waals surface area contributed by atoms with Crippen molar-refractivity contribution >= 4 is 5.97 Å². The second-order valence-electron chi connectivity index (χ2n) is 6.05. The number of carboxylic acids is 1. The lowest BCUT2D eigenvalue weighted by atomic mass is 9.75. The number of fused-ring (bicyclic) bond motifs is 1. The lowest BCUT2D eigenvalue weighted by Gasteiger charge is -2.42. The first-order chi connectivity index (χ1) is 7.99. The quantitative estimate of drug-likeness (QED) is 0.780. The average Bonchev–Trinajstić information content (AvgIpc) is 2.28. The Bertz CT molecular complexity index is 291. The summed E-state index contributed by atoms with van der Waals surface area (Å²) in [6, 6.07) is 0. The summed E-state index contributed by atoms with van der Waals surface area (Å²) in [4.78, 5) is 13.3. The van der Waals surface area contributed by atoms with Crippen molar-refractivity contribution in [2.75, 3.05) is 19.6 Å². The van der Waals surface area contributed by atoms with Crippen LogP contribution < -0.4 is 5.73 Å². The van der Waals surface area contributed by atoms with Crippen LogP contribution in [0.5, 0.6) is 0 Å². The van der Waals surface area contributed by atoms with Gasteiger partial charge in [0.15, 0.2) is 0 Å². The highest BCUT2D eigenvalue weighted by atomic mass is 16.4. The van der Waals surface area contributed by atoms with Crippen molar-refractivity contribution in [3.05, 3.63) is 0 Å². The van der Waals surface area contributed by atoms with Crippen molar-refractivity contribution in [3.8, 4) is 0 Å². The van der Waals surface area contributed by atoms with Crippen LogP contribution in [-0.2, 0) is 4.79 Å². The number of hydrogen-bond acceptors (Lipinski definition) is 3. The van der Waals surface area contributed by atoms with E-state index in [1.54, 1.807) is 6.92 Å². The predicted octanol–water partition coefficient (Wildman–Crippen LogP) is 1.30. The summed E-state index contributed by atoms with van der Waals surface area (Å²) in [6.45, 7) is 4.15. The van der Waals surface area contributed by atoms with Gasteiger partial charge in [0.25, 0.3) is 0 Å². The summed E-state index contributed by atoms with van der Waals surface area (Å²) in [5.74, 6) is 0.763. The van der Waals surface area contributed by atoms with Crippen molar-refractivity contribution in [3.63, 3.8) is 0 Å². The molecule has 98 valence electrons. The van der Waals surface area contributed by atoms with Gasteiger partial charge in [0.1, 0.15) is 5.54 Å². The SMILES string of the molecule is CC(N)(CN1CCC2CCCCC2C1)C(=O)O. The van der Waals surface area contributed by atoms with Crippen molar-refractivity contribution < 1.29 is 9.90 Å². The zero-order valence-corrected chi connectivity index (χ0v) is 10.7. The number of rotatable bonds is 3. The molecule has 2 rings (SSSR count). The van der Waals surface area contributed by atoms with E-state index in [1.165, 1.54) is 32.1 Å².